The average Bonchev–Trinajstić information content (AvgIpc) is 3.22. The van der Waals surface area contributed by atoms with E-state index in [2.05, 4.69) is 10.4 Å². The summed E-state index contributed by atoms with van der Waals surface area (Å²) in [4.78, 5) is 41.7. The van der Waals surface area contributed by atoms with Crippen LogP contribution in [0.2, 0.25) is 0 Å². The highest BCUT2D eigenvalue weighted by Crippen LogP contribution is 2.19. The van der Waals surface area contributed by atoms with Gasteiger partial charge in [-0.3, -0.25) is 19.1 Å². The number of ether oxygens (including phenoxy) is 1. The lowest BCUT2D eigenvalue weighted by molar-refractivity contribution is -0.116. The monoisotopic (exact) mass is 475 g/mol. The van der Waals surface area contributed by atoms with E-state index < -0.39 is 5.91 Å². The lowest BCUT2D eigenvalue weighted by Gasteiger charge is -2.21. The number of rotatable bonds is 7. The fourth-order valence-corrected chi connectivity index (χ4v) is 4.04. The van der Waals surface area contributed by atoms with Crippen molar-refractivity contribution in [2.45, 2.75) is 26.4 Å². The Labute approximate surface area is 204 Å². The predicted octanol–water partition coefficient (Wildman–Crippen LogP) is 2.96. The molecule has 0 saturated carbocycles. The van der Waals surface area contributed by atoms with Gasteiger partial charge in [-0.2, -0.15) is 5.10 Å². The van der Waals surface area contributed by atoms with E-state index in [0.717, 1.165) is 17.5 Å². The first kappa shape index (κ1) is 24.0. The summed E-state index contributed by atoms with van der Waals surface area (Å²) in [7, 11) is 3.10. The number of nitrogens with one attached hydrogen (secondary N) is 1. The number of carbonyl (C=O) groups is 3. The second kappa shape index (κ2) is 10.4. The Hall–Kier alpha value is -4.14. The Morgan fingerprint density at radius 2 is 1.86 bits per heavy atom. The van der Waals surface area contributed by atoms with Gasteiger partial charge in [0, 0.05) is 38.4 Å². The summed E-state index contributed by atoms with van der Waals surface area (Å²) in [6.45, 7) is 3.54. The Morgan fingerprint density at radius 3 is 2.57 bits per heavy atom. The van der Waals surface area contributed by atoms with Crippen LogP contribution in [0.3, 0.4) is 0 Å². The van der Waals surface area contributed by atoms with Crippen LogP contribution in [0, 0.1) is 6.92 Å². The zero-order valence-electron chi connectivity index (χ0n) is 20.2. The fraction of sp³-hybridized carbons (Fsp3) is 0.308. The van der Waals surface area contributed by atoms with Crippen LogP contribution >= 0.6 is 0 Å². The summed E-state index contributed by atoms with van der Waals surface area (Å²) in [6, 6.07) is 16.4. The molecule has 4 rings (SSSR count). The summed E-state index contributed by atoms with van der Waals surface area (Å²) in [5.41, 5.74) is 3.35. The highest BCUT2D eigenvalue weighted by atomic mass is 16.5. The van der Waals surface area contributed by atoms with Gasteiger partial charge < -0.3 is 19.9 Å². The van der Waals surface area contributed by atoms with Crippen LogP contribution in [0.25, 0.3) is 0 Å². The molecule has 0 spiro atoms. The SMILES string of the molecule is COc1ccc(NC(=O)CN(C)C(=O)c2cc3n(n2)CCCN(Cc2ccccc2C)C3=O)cc1. The summed E-state index contributed by atoms with van der Waals surface area (Å²) in [5, 5.41) is 7.14. The third kappa shape index (κ3) is 5.51. The molecule has 0 fully saturated rings. The molecule has 182 valence electrons. The second-order valence-corrected chi connectivity index (χ2v) is 8.58. The number of likely N-dealkylation sites (N-methyl/N-ethyl adjacent to an activating group) is 1. The molecule has 1 aliphatic rings. The molecule has 3 amide bonds. The number of methoxy groups -OCH3 is 1. The summed E-state index contributed by atoms with van der Waals surface area (Å²) >= 11 is 0. The molecule has 1 aliphatic heterocycles. The highest BCUT2D eigenvalue weighted by Gasteiger charge is 2.28. The number of benzene rings is 2. The lowest BCUT2D eigenvalue weighted by atomic mass is 10.1. The topological polar surface area (TPSA) is 96.8 Å². The van der Waals surface area contributed by atoms with E-state index in [-0.39, 0.29) is 24.1 Å². The Morgan fingerprint density at radius 1 is 1.11 bits per heavy atom. The molecule has 2 heterocycles. The number of amides is 3. The van der Waals surface area contributed by atoms with Gasteiger partial charge in [0.25, 0.3) is 11.8 Å². The number of hydrogen-bond donors (Lipinski definition) is 1. The normalized spacial score (nSPS) is 13.1. The van der Waals surface area contributed by atoms with E-state index in [1.165, 1.54) is 18.0 Å². The zero-order valence-corrected chi connectivity index (χ0v) is 20.2. The van der Waals surface area contributed by atoms with Gasteiger partial charge in [-0.15, -0.1) is 0 Å². The van der Waals surface area contributed by atoms with Crippen LogP contribution in [0.1, 0.15) is 38.5 Å². The molecule has 0 bridgehead atoms. The third-order valence-electron chi connectivity index (χ3n) is 6.03. The van der Waals surface area contributed by atoms with Gasteiger partial charge in [-0.05, 0) is 48.7 Å². The minimum atomic E-state index is -0.422. The number of nitrogens with zero attached hydrogens (tertiary/aromatic N) is 4. The van der Waals surface area contributed by atoms with Gasteiger partial charge in [0.1, 0.15) is 11.4 Å². The van der Waals surface area contributed by atoms with Gasteiger partial charge in [-0.1, -0.05) is 24.3 Å². The van der Waals surface area contributed by atoms with E-state index in [0.29, 0.717) is 36.8 Å². The van der Waals surface area contributed by atoms with Gasteiger partial charge in [0.2, 0.25) is 5.91 Å². The van der Waals surface area contributed by atoms with E-state index in [4.69, 9.17) is 4.74 Å². The number of fused-ring (bicyclic) bond motifs is 1. The van der Waals surface area contributed by atoms with E-state index >= 15 is 0 Å². The quantitative estimate of drug-likeness (QED) is 0.567. The molecule has 0 aliphatic carbocycles. The molecule has 9 heteroatoms. The number of carbonyl (C=O) groups excluding carboxylic acids is 3. The Balaban J connectivity index is 1.42. The predicted molar refractivity (Wildman–Crippen MR) is 131 cm³/mol. The molecule has 9 nitrogen and oxygen atoms in total. The fourth-order valence-electron chi connectivity index (χ4n) is 4.04. The molecule has 2 aromatic carbocycles. The first-order valence-electron chi connectivity index (χ1n) is 11.5. The summed E-state index contributed by atoms with van der Waals surface area (Å²) in [5.74, 6) is -0.236. The lowest BCUT2D eigenvalue weighted by Crippen LogP contribution is -2.35. The number of aromatic nitrogens is 2. The summed E-state index contributed by atoms with van der Waals surface area (Å²) < 4.78 is 6.70. The maximum absolute atomic E-state index is 13.3. The highest BCUT2D eigenvalue weighted by molar-refractivity contribution is 6.00. The first-order chi connectivity index (χ1) is 16.9. The van der Waals surface area contributed by atoms with Crippen LogP contribution in [0.5, 0.6) is 5.75 Å². The number of hydrogen-bond acceptors (Lipinski definition) is 5. The smallest absolute Gasteiger partial charge is 0.274 e. The van der Waals surface area contributed by atoms with E-state index in [1.54, 1.807) is 41.0 Å². The molecule has 3 aromatic rings. The van der Waals surface area contributed by atoms with Gasteiger partial charge in [0.15, 0.2) is 5.69 Å². The van der Waals surface area contributed by atoms with Crippen LogP contribution in [0.15, 0.2) is 54.6 Å². The molecular formula is C26H29N5O4. The largest absolute Gasteiger partial charge is 0.497 e. The standard InChI is InChI=1S/C26H29N5O4/c1-18-7-4-5-8-19(18)16-30-13-6-14-31-23(26(30)34)15-22(28-31)25(33)29(2)17-24(32)27-20-9-11-21(35-3)12-10-20/h4-5,7-12,15H,6,13-14,16-17H2,1-3H3,(H,27,32). The van der Waals surface area contributed by atoms with Crippen molar-refractivity contribution in [1.29, 1.82) is 0 Å². The van der Waals surface area contributed by atoms with E-state index in [9.17, 15) is 14.4 Å². The Bertz CT molecular complexity index is 1230. The third-order valence-corrected chi connectivity index (χ3v) is 6.03. The van der Waals surface area contributed by atoms with Gasteiger partial charge in [0.05, 0.1) is 13.7 Å². The molecule has 0 atom stereocenters. The molecule has 1 aromatic heterocycles. The summed E-state index contributed by atoms with van der Waals surface area (Å²) in [6.07, 6.45) is 0.736. The van der Waals surface area contributed by atoms with E-state index in [1.807, 2.05) is 31.2 Å². The van der Waals surface area contributed by atoms with Gasteiger partial charge >= 0.3 is 0 Å². The van der Waals surface area contributed by atoms with Crippen LogP contribution in [-0.2, 0) is 17.9 Å². The van der Waals surface area contributed by atoms with Crippen LogP contribution in [0.4, 0.5) is 5.69 Å². The van der Waals surface area contributed by atoms with Crippen molar-refractivity contribution >= 4 is 23.4 Å². The molecular weight excluding hydrogens is 446 g/mol. The van der Waals surface area contributed by atoms with Crippen molar-refractivity contribution in [1.82, 2.24) is 19.6 Å². The molecule has 1 N–H and O–H groups in total. The molecule has 35 heavy (non-hydrogen) atoms. The maximum atomic E-state index is 13.3. The molecule has 0 radical (unpaired) electrons. The zero-order chi connectivity index (χ0) is 24.9. The van der Waals surface area contributed by atoms with Crippen molar-refractivity contribution in [2.75, 3.05) is 32.6 Å². The van der Waals surface area contributed by atoms with Crippen molar-refractivity contribution in [3.63, 3.8) is 0 Å². The van der Waals surface area contributed by atoms with Crippen LogP contribution in [-0.4, -0.2) is 64.5 Å². The first-order valence-corrected chi connectivity index (χ1v) is 11.5. The van der Waals surface area contributed by atoms with Crippen molar-refractivity contribution in [3.05, 3.63) is 77.1 Å². The second-order valence-electron chi connectivity index (χ2n) is 8.58. The van der Waals surface area contributed by atoms with Gasteiger partial charge in [-0.25, -0.2) is 0 Å². The average molecular weight is 476 g/mol. The van der Waals surface area contributed by atoms with Crippen molar-refractivity contribution in [2.24, 2.45) is 0 Å². The minimum absolute atomic E-state index is 0.144. The number of aryl methyl sites for hydroxylation is 2. The maximum Gasteiger partial charge on any atom is 0.274 e. The van der Waals surface area contributed by atoms with Crippen LogP contribution < -0.4 is 10.1 Å². The number of anilines is 1. The Kier molecular flexibility index (Phi) is 7.14. The minimum Gasteiger partial charge on any atom is -0.497 e. The van der Waals surface area contributed by atoms with Crippen molar-refractivity contribution < 1.29 is 19.1 Å². The molecule has 0 saturated heterocycles. The molecule has 0 unspecified atom stereocenters. The van der Waals surface area contributed by atoms with Crippen molar-refractivity contribution in [3.8, 4) is 5.75 Å².